The summed E-state index contributed by atoms with van der Waals surface area (Å²) in [5.74, 6) is 0. The van der Waals surface area contributed by atoms with E-state index in [0.29, 0.717) is 13.2 Å². The molecule has 0 spiro atoms. The summed E-state index contributed by atoms with van der Waals surface area (Å²) in [6.07, 6.45) is 0.514. The fraction of sp³-hybridized carbons (Fsp3) is 1.00. The van der Waals surface area contributed by atoms with E-state index in [-0.39, 0.29) is 18.2 Å². The molecule has 0 aliphatic carbocycles. The summed E-state index contributed by atoms with van der Waals surface area (Å²) in [4.78, 5) is 2.23. The molecule has 0 heterocycles. The van der Waals surface area contributed by atoms with Gasteiger partial charge in [-0.05, 0) is 34.7 Å². The first-order valence-electron chi connectivity index (χ1n) is 6.39. The molecule has 0 bridgehead atoms. The fourth-order valence-corrected chi connectivity index (χ4v) is 1.33. The Morgan fingerprint density at radius 2 is 1.41 bits per heavy atom. The number of hydrogen-bond donors (Lipinski definition) is 0. The minimum Gasteiger partial charge on any atom is -0.383 e. The zero-order valence-corrected chi connectivity index (χ0v) is 12.2. The van der Waals surface area contributed by atoms with Crippen molar-refractivity contribution in [3.8, 4) is 0 Å². The highest BCUT2D eigenvalue weighted by Gasteiger charge is 2.16. The van der Waals surface area contributed by atoms with Crippen LogP contribution in [0.25, 0.3) is 0 Å². The summed E-state index contributed by atoms with van der Waals surface area (Å²) < 4.78 is 16.4. The van der Waals surface area contributed by atoms with Crippen molar-refractivity contribution in [2.45, 2.75) is 45.9 Å². The molecule has 17 heavy (non-hydrogen) atoms. The summed E-state index contributed by atoms with van der Waals surface area (Å²) in [5.41, 5.74) is 0. The second-order valence-electron chi connectivity index (χ2n) is 4.89. The number of ether oxygens (including phenoxy) is 3. The van der Waals surface area contributed by atoms with E-state index in [1.165, 1.54) is 0 Å². The highest BCUT2D eigenvalue weighted by molar-refractivity contribution is 4.68. The monoisotopic (exact) mass is 247 g/mol. The average Bonchev–Trinajstić information content (AvgIpc) is 2.25. The third-order valence-corrected chi connectivity index (χ3v) is 2.52. The molecule has 0 atom stereocenters. The molecule has 4 heteroatoms. The van der Waals surface area contributed by atoms with Crippen molar-refractivity contribution in [3.05, 3.63) is 0 Å². The lowest BCUT2D eigenvalue weighted by molar-refractivity contribution is -0.0253. The van der Waals surface area contributed by atoms with Crippen LogP contribution in [0.4, 0.5) is 0 Å². The molecule has 0 aromatic carbocycles. The molecule has 0 aliphatic rings. The second-order valence-corrected chi connectivity index (χ2v) is 4.89. The van der Waals surface area contributed by atoms with E-state index in [1.807, 2.05) is 0 Å². The molecule has 0 aromatic heterocycles. The molecule has 4 nitrogen and oxygen atoms in total. The minimum atomic E-state index is 0.257. The maximum absolute atomic E-state index is 5.67. The lowest BCUT2D eigenvalue weighted by atomic mass is 10.3. The van der Waals surface area contributed by atoms with E-state index in [9.17, 15) is 0 Å². The van der Waals surface area contributed by atoms with Crippen LogP contribution in [0.2, 0.25) is 0 Å². The maximum Gasteiger partial charge on any atom is 0.0647 e. The molecule has 104 valence electrons. The lowest BCUT2D eigenvalue weighted by Crippen LogP contribution is -2.42. The zero-order valence-electron chi connectivity index (χ0n) is 12.2. The highest BCUT2D eigenvalue weighted by Crippen LogP contribution is 2.03. The molecule has 0 N–H and O–H groups in total. The molecular formula is C13H29NO3. The van der Waals surface area contributed by atoms with E-state index in [4.69, 9.17) is 14.2 Å². The van der Waals surface area contributed by atoms with E-state index < -0.39 is 0 Å². The zero-order chi connectivity index (χ0) is 13.3. The second kappa shape index (κ2) is 9.83. The maximum atomic E-state index is 5.67. The number of nitrogens with zero attached hydrogens (tertiary/aromatic N) is 1. The van der Waals surface area contributed by atoms with Crippen LogP contribution < -0.4 is 0 Å². The predicted octanol–water partition coefficient (Wildman–Crippen LogP) is 1.78. The standard InChI is InChI=1S/C13H29NO3/c1-11(2)16-9-13(10-17-12(3)4)14(5)7-8-15-6/h11-13H,7-10H2,1-6H3. The van der Waals surface area contributed by atoms with Gasteiger partial charge in [-0.1, -0.05) is 0 Å². The number of likely N-dealkylation sites (N-methyl/N-ethyl adjacent to an activating group) is 1. The summed E-state index contributed by atoms with van der Waals surface area (Å²) >= 11 is 0. The van der Waals surface area contributed by atoms with Crippen LogP contribution in [0.5, 0.6) is 0 Å². The Labute approximate surface area is 106 Å². The Morgan fingerprint density at radius 3 is 1.76 bits per heavy atom. The molecule has 0 rings (SSSR count). The quantitative estimate of drug-likeness (QED) is 0.589. The van der Waals surface area contributed by atoms with Crippen molar-refractivity contribution in [2.75, 3.05) is 40.5 Å². The van der Waals surface area contributed by atoms with Gasteiger partial charge in [-0.2, -0.15) is 0 Å². The van der Waals surface area contributed by atoms with E-state index in [0.717, 1.165) is 13.2 Å². The smallest absolute Gasteiger partial charge is 0.0647 e. The van der Waals surface area contributed by atoms with Crippen molar-refractivity contribution >= 4 is 0 Å². The largest absolute Gasteiger partial charge is 0.383 e. The molecule has 0 amide bonds. The number of methoxy groups -OCH3 is 1. The van der Waals surface area contributed by atoms with Crippen LogP contribution in [-0.2, 0) is 14.2 Å². The Bertz CT molecular complexity index is 162. The van der Waals surface area contributed by atoms with Gasteiger partial charge in [0.15, 0.2) is 0 Å². The van der Waals surface area contributed by atoms with Crippen molar-refractivity contribution in [1.82, 2.24) is 4.90 Å². The first-order chi connectivity index (χ1) is 7.97. The van der Waals surface area contributed by atoms with Crippen molar-refractivity contribution < 1.29 is 14.2 Å². The summed E-state index contributed by atoms with van der Waals surface area (Å²) in [6, 6.07) is 0.287. The SMILES string of the molecule is COCCN(C)C(COC(C)C)COC(C)C. The van der Waals surface area contributed by atoms with Crippen LogP contribution in [0.3, 0.4) is 0 Å². The van der Waals surface area contributed by atoms with Gasteiger partial charge < -0.3 is 14.2 Å². The van der Waals surface area contributed by atoms with E-state index >= 15 is 0 Å². The molecule has 0 fully saturated rings. The number of rotatable bonds is 10. The van der Waals surface area contributed by atoms with Crippen LogP contribution in [-0.4, -0.2) is 63.7 Å². The Hall–Kier alpha value is -0.160. The summed E-state index contributed by atoms with van der Waals surface area (Å²) in [6.45, 7) is 11.2. The van der Waals surface area contributed by atoms with Gasteiger partial charge in [0.1, 0.15) is 0 Å². The average molecular weight is 247 g/mol. The van der Waals surface area contributed by atoms with Gasteiger partial charge in [0.25, 0.3) is 0 Å². The van der Waals surface area contributed by atoms with Gasteiger partial charge in [-0.15, -0.1) is 0 Å². The van der Waals surface area contributed by atoms with Gasteiger partial charge in [0.05, 0.1) is 38.1 Å². The van der Waals surface area contributed by atoms with Gasteiger partial charge in [0, 0.05) is 13.7 Å². The van der Waals surface area contributed by atoms with Crippen LogP contribution >= 0.6 is 0 Å². The molecular weight excluding hydrogens is 218 g/mol. The van der Waals surface area contributed by atoms with Crippen molar-refractivity contribution in [3.63, 3.8) is 0 Å². The van der Waals surface area contributed by atoms with Crippen molar-refractivity contribution in [2.24, 2.45) is 0 Å². The van der Waals surface area contributed by atoms with Crippen LogP contribution in [0.1, 0.15) is 27.7 Å². The predicted molar refractivity (Wildman–Crippen MR) is 70.5 cm³/mol. The Kier molecular flexibility index (Phi) is 9.74. The normalized spacial score (nSPS) is 12.4. The van der Waals surface area contributed by atoms with Crippen LogP contribution in [0.15, 0.2) is 0 Å². The number of hydrogen-bond acceptors (Lipinski definition) is 4. The van der Waals surface area contributed by atoms with Crippen LogP contribution in [0, 0.1) is 0 Å². The van der Waals surface area contributed by atoms with Crippen molar-refractivity contribution in [1.29, 1.82) is 0 Å². The molecule has 0 saturated heterocycles. The Morgan fingerprint density at radius 1 is 0.941 bits per heavy atom. The van der Waals surface area contributed by atoms with Gasteiger partial charge in [-0.25, -0.2) is 0 Å². The lowest BCUT2D eigenvalue weighted by Gasteiger charge is -2.29. The first-order valence-corrected chi connectivity index (χ1v) is 6.39. The summed E-state index contributed by atoms with van der Waals surface area (Å²) in [7, 11) is 3.80. The molecule has 0 aliphatic heterocycles. The van der Waals surface area contributed by atoms with Gasteiger partial charge in [-0.3, -0.25) is 4.90 Å². The molecule has 0 saturated carbocycles. The topological polar surface area (TPSA) is 30.9 Å². The third kappa shape index (κ3) is 9.53. The highest BCUT2D eigenvalue weighted by atomic mass is 16.5. The first kappa shape index (κ1) is 16.8. The molecule has 0 radical (unpaired) electrons. The fourth-order valence-electron chi connectivity index (χ4n) is 1.33. The molecule has 0 unspecified atom stereocenters. The molecule has 0 aromatic rings. The van der Waals surface area contributed by atoms with E-state index in [2.05, 4.69) is 39.6 Å². The summed E-state index contributed by atoms with van der Waals surface area (Å²) in [5, 5.41) is 0. The Balaban J connectivity index is 4.07. The van der Waals surface area contributed by atoms with Gasteiger partial charge in [0.2, 0.25) is 0 Å². The van der Waals surface area contributed by atoms with E-state index in [1.54, 1.807) is 7.11 Å². The minimum absolute atomic E-state index is 0.257. The third-order valence-electron chi connectivity index (χ3n) is 2.52. The van der Waals surface area contributed by atoms with Gasteiger partial charge >= 0.3 is 0 Å².